The summed E-state index contributed by atoms with van der Waals surface area (Å²) in [7, 11) is -3.05. The van der Waals surface area contributed by atoms with Crippen LogP contribution in [0.4, 0.5) is 0 Å². The summed E-state index contributed by atoms with van der Waals surface area (Å²) in [4.78, 5) is 0. The van der Waals surface area contributed by atoms with Gasteiger partial charge in [-0.2, -0.15) is 5.10 Å². The third kappa shape index (κ3) is 3.89. The molecule has 14 heavy (non-hydrogen) atoms. The molecule has 5 nitrogen and oxygen atoms in total. The molecule has 0 spiro atoms. The van der Waals surface area contributed by atoms with Crippen LogP contribution in [0.3, 0.4) is 0 Å². The molecule has 0 unspecified atom stereocenters. The second-order valence-electron chi connectivity index (χ2n) is 3.29. The van der Waals surface area contributed by atoms with Gasteiger partial charge < -0.3 is 0 Å². The first-order valence-electron chi connectivity index (χ1n) is 4.42. The lowest BCUT2D eigenvalue weighted by Gasteiger charge is -2.01. The Morgan fingerprint density at radius 1 is 1.57 bits per heavy atom. The van der Waals surface area contributed by atoms with E-state index in [0.29, 0.717) is 6.54 Å². The number of aromatic nitrogens is 2. The SMILES string of the molecule is Cc1[nH]ncc1CCCNS(C)(=O)=O. The minimum Gasteiger partial charge on any atom is -0.283 e. The van der Waals surface area contributed by atoms with Crippen molar-refractivity contribution >= 4 is 10.0 Å². The smallest absolute Gasteiger partial charge is 0.208 e. The van der Waals surface area contributed by atoms with Crippen LogP contribution in [-0.4, -0.2) is 31.4 Å². The Kier molecular flexibility index (Phi) is 3.65. The first-order valence-corrected chi connectivity index (χ1v) is 6.31. The number of sulfonamides is 1. The van der Waals surface area contributed by atoms with Gasteiger partial charge in [-0.3, -0.25) is 5.10 Å². The van der Waals surface area contributed by atoms with E-state index in [0.717, 1.165) is 30.4 Å². The quantitative estimate of drug-likeness (QED) is 0.692. The number of nitrogens with one attached hydrogen (secondary N) is 2. The molecule has 0 aliphatic carbocycles. The third-order valence-corrected chi connectivity index (χ3v) is 2.65. The largest absolute Gasteiger partial charge is 0.283 e. The van der Waals surface area contributed by atoms with Gasteiger partial charge >= 0.3 is 0 Å². The highest BCUT2D eigenvalue weighted by Gasteiger charge is 2.02. The molecule has 0 atom stereocenters. The molecule has 2 N–H and O–H groups in total. The molecule has 1 rings (SSSR count). The van der Waals surface area contributed by atoms with Gasteiger partial charge in [0.25, 0.3) is 0 Å². The zero-order valence-corrected chi connectivity index (χ0v) is 9.19. The first kappa shape index (κ1) is 11.2. The van der Waals surface area contributed by atoms with E-state index < -0.39 is 10.0 Å². The van der Waals surface area contributed by atoms with Crippen molar-refractivity contribution in [1.29, 1.82) is 0 Å². The molecule has 0 radical (unpaired) electrons. The van der Waals surface area contributed by atoms with Gasteiger partial charge in [-0.05, 0) is 25.3 Å². The van der Waals surface area contributed by atoms with Crippen molar-refractivity contribution in [2.75, 3.05) is 12.8 Å². The van der Waals surface area contributed by atoms with Gasteiger partial charge in [0.05, 0.1) is 12.5 Å². The van der Waals surface area contributed by atoms with Crippen molar-refractivity contribution in [2.24, 2.45) is 0 Å². The fourth-order valence-corrected chi connectivity index (χ4v) is 1.68. The molecule has 1 aromatic rings. The number of nitrogens with zero attached hydrogens (tertiary/aromatic N) is 1. The molecule has 6 heteroatoms. The summed E-state index contributed by atoms with van der Waals surface area (Å²) in [6.07, 6.45) is 4.56. The predicted octanol–water partition coefficient (Wildman–Crippen LogP) is 0.200. The molecule has 0 saturated carbocycles. The van der Waals surface area contributed by atoms with Crippen LogP contribution in [0.1, 0.15) is 17.7 Å². The number of hydrogen-bond acceptors (Lipinski definition) is 3. The van der Waals surface area contributed by atoms with E-state index >= 15 is 0 Å². The highest BCUT2D eigenvalue weighted by Crippen LogP contribution is 2.04. The summed E-state index contributed by atoms with van der Waals surface area (Å²) < 4.78 is 23.9. The topological polar surface area (TPSA) is 74.8 Å². The highest BCUT2D eigenvalue weighted by atomic mass is 32.2. The number of aromatic amines is 1. The lowest BCUT2D eigenvalue weighted by Crippen LogP contribution is -2.23. The van der Waals surface area contributed by atoms with Crippen molar-refractivity contribution in [2.45, 2.75) is 19.8 Å². The molecule has 0 aliphatic rings. The van der Waals surface area contributed by atoms with E-state index in [1.807, 2.05) is 6.92 Å². The fourth-order valence-electron chi connectivity index (χ4n) is 1.16. The predicted molar refractivity (Wildman–Crippen MR) is 54.5 cm³/mol. The summed E-state index contributed by atoms with van der Waals surface area (Å²) in [5.41, 5.74) is 2.18. The molecular weight excluding hydrogens is 202 g/mol. The van der Waals surface area contributed by atoms with Crippen molar-refractivity contribution in [3.63, 3.8) is 0 Å². The van der Waals surface area contributed by atoms with Gasteiger partial charge in [0.1, 0.15) is 0 Å². The van der Waals surface area contributed by atoms with E-state index in [1.165, 1.54) is 0 Å². The van der Waals surface area contributed by atoms with Crippen LogP contribution in [0.25, 0.3) is 0 Å². The number of H-pyrrole nitrogens is 1. The van der Waals surface area contributed by atoms with Crippen LogP contribution in [-0.2, 0) is 16.4 Å². The van der Waals surface area contributed by atoms with Crippen LogP contribution < -0.4 is 4.72 Å². The molecule has 1 aromatic heterocycles. The standard InChI is InChI=1S/C8H15N3O2S/c1-7-8(6-9-11-7)4-3-5-10-14(2,12)13/h6,10H,3-5H2,1-2H3,(H,9,11). The summed E-state index contributed by atoms with van der Waals surface area (Å²) in [5, 5.41) is 6.72. The minimum atomic E-state index is -3.05. The van der Waals surface area contributed by atoms with Gasteiger partial charge in [-0.15, -0.1) is 0 Å². The molecule has 80 valence electrons. The van der Waals surface area contributed by atoms with Crippen LogP contribution in [0.15, 0.2) is 6.20 Å². The number of aryl methyl sites for hydroxylation is 2. The second-order valence-corrected chi connectivity index (χ2v) is 5.12. The molecule has 0 saturated heterocycles. The molecular formula is C8H15N3O2S. The number of rotatable bonds is 5. The van der Waals surface area contributed by atoms with E-state index in [-0.39, 0.29) is 0 Å². The third-order valence-electron chi connectivity index (χ3n) is 1.92. The van der Waals surface area contributed by atoms with Crippen LogP contribution in [0.5, 0.6) is 0 Å². The zero-order chi connectivity index (χ0) is 10.6. The first-order chi connectivity index (χ1) is 6.49. The zero-order valence-electron chi connectivity index (χ0n) is 8.37. The second kappa shape index (κ2) is 4.56. The van der Waals surface area contributed by atoms with Gasteiger partial charge in [0.2, 0.25) is 10.0 Å². The van der Waals surface area contributed by atoms with Crippen LogP contribution >= 0.6 is 0 Å². The average molecular weight is 217 g/mol. The summed E-state index contributed by atoms with van der Waals surface area (Å²) in [5.74, 6) is 0. The lowest BCUT2D eigenvalue weighted by atomic mass is 10.1. The molecule has 0 fully saturated rings. The van der Waals surface area contributed by atoms with Gasteiger partial charge in [0.15, 0.2) is 0 Å². The molecule has 0 bridgehead atoms. The fraction of sp³-hybridized carbons (Fsp3) is 0.625. The minimum absolute atomic E-state index is 0.476. The van der Waals surface area contributed by atoms with Crippen molar-refractivity contribution in [1.82, 2.24) is 14.9 Å². The Hall–Kier alpha value is -0.880. The van der Waals surface area contributed by atoms with Gasteiger partial charge in [-0.1, -0.05) is 0 Å². The Morgan fingerprint density at radius 3 is 2.79 bits per heavy atom. The number of hydrogen-bond donors (Lipinski definition) is 2. The Labute approximate surface area is 84.0 Å². The molecule has 0 aliphatic heterocycles. The Morgan fingerprint density at radius 2 is 2.29 bits per heavy atom. The monoisotopic (exact) mass is 217 g/mol. The molecule has 1 heterocycles. The normalized spacial score (nSPS) is 11.9. The van der Waals surface area contributed by atoms with Crippen molar-refractivity contribution in [3.05, 3.63) is 17.5 Å². The maximum absolute atomic E-state index is 10.7. The summed E-state index contributed by atoms with van der Waals surface area (Å²) >= 11 is 0. The summed E-state index contributed by atoms with van der Waals surface area (Å²) in [6.45, 7) is 2.43. The molecule has 0 amide bonds. The lowest BCUT2D eigenvalue weighted by molar-refractivity contribution is 0.585. The maximum atomic E-state index is 10.7. The Bertz CT molecular complexity index is 383. The van der Waals surface area contributed by atoms with E-state index in [2.05, 4.69) is 14.9 Å². The van der Waals surface area contributed by atoms with E-state index in [1.54, 1.807) is 6.20 Å². The van der Waals surface area contributed by atoms with E-state index in [9.17, 15) is 8.42 Å². The maximum Gasteiger partial charge on any atom is 0.208 e. The van der Waals surface area contributed by atoms with Crippen molar-refractivity contribution in [3.8, 4) is 0 Å². The van der Waals surface area contributed by atoms with Crippen LogP contribution in [0.2, 0.25) is 0 Å². The van der Waals surface area contributed by atoms with Crippen molar-refractivity contribution < 1.29 is 8.42 Å². The van der Waals surface area contributed by atoms with Gasteiger partial charge in [0, 0.05) is 12.2 Å². The van der Waals surface area contributed by atoms with Crippen LogP contribution in [0, 0.1) is 6.92 Å². The van der Waals surface area contributed by atoms with E-state index in [4.69, 9.17) is 0 Å². The highest BCUT2D eigenvalue weighted by molar-refractivity contribution is 7.88. The average Bonchev–Trinajstić information content (AvgIpc) is 2.44. The molecule has 0 aromatic carbocycles. The summed E-state index contributed by atoms with van der Waals surface area (Å²) in [6, 6.07) is 0. The van der Waals surface area contributed by atoms with Gasteiger partial charge in [-0.25, -0.2) is 13.1 Å². The Balaban J connectivity index is 2.26.